The zero-order chi connectivity index (χ0) is 22.8. The summed E-state index contributed by atoms with van der Waals surface area (Å²) >= 11 is 0. The number of nitrogens with zero attached hydrogens (tertiary/aromatic N) is 3. The number of hydrogen-bond acceptors (Lipinski definition) is 5. The molecule has 1 atom stereocenters. The molecule has 0 saturated heterocycles. The van der Waals surface area contributed by atoms with Crippen molar-refractivity contribution in [2.45, 2.75) is 6.04 Å². The van der Waals surface area contributed by atoms with Crippen LogP contribution in [0.4, 0.5) is 23.2 Å². The van der Waals surface area contributed by atoms with E-state index in [4.69, 9.17) is 5.73 Å². The van der Waals surface area contributed by atoms with E-state index in [2.05, 4.69) is 15.3 Å². The Morgan fingerprint density at radius 1 is 0.875 bits per heavy atom. The fraction of sp³-hybridized carbons (Fsp3) is 0.217. The molecule has 0 aliphatic heterocycles. The van der Waals surface area contributed by atoms with Gasteiger partial charge in [-0.3, -0.25) is 9.97 Å². The Bertz CT molecular complexity index is 1280. The molecular formula is C23H21F4N5. The van der Waals surface area contributed by atoms with Crippen LogP contribution in [0.3, 0.4) is 0 Å². The molecule has 0 aliphatic carbocycles. The number of likely N-dealkylation sites (N-methyl/N-ethyl adjacent to an activating group) is 1. The average Bonchev–Trinajstić information content (AvgIpc) is 2.78. The van der Waals surface area contributed by atoms with Gasteiger partial charge in [-0.2, -0.15) is 0 Å². The highest BCUT2D eigenvalue weighted by Crippen LogP contribution is 2.26. The quantitative estimate of drug-likeness (QED) is 0.415. The van der Waals surface area contributed by atoms with Gasteiger partial charge in [-0.05, 0) is 49.0 Å². The van der Waals surface area contributed by atoms with E-state index in [9.17, 15) is 17.6 Å². The Kier molecular flexibility index (Phi) is 6.20. The molecule has 0 aliphatic rings. The number of anilines is 1. The van der Waals surface area contributed by atoms with Crippen LogP contribution in [0.15, 0.2) is 48.8 Å². The van der Waals surface area contributed by atoms with E-state index in [1.165, 1.54) is 24.5 Å². The van der Waals surface area contributed by atoms with Gasteiger partial charge >= 0.3 is 0 Å². The van der Waals surface area contributed by atoms with Crippen LogP contribution >= 0.6 is 0 Å². The Labute approximate surface area is 181 Å². The van der Waals surface area contributed by atoms with E-state index in [-0.39, 0.29) is 11.0 Å². The first-order chi connectivity index (χ1) is 15.4. The number of nitrogens with one attached hydrogen (secondary N) is 1. The van der Waals surface area contributed by atoms with Crippen molar-refractivity contribution >= 4 is 27.5 Å². The van der Waals surface area contributed by atoms with Gasteiger partial charge in [0.2, 0.25) is 0 Å². The SMILES string of the molecule is CN(CCNc1ccnc2c(F)c(F)ccc12)CC(N)c1ccnc2c(F)c(F)ccc12. The van der Waals surface area contributed by atoms with Gasteiger partial charge in [0.15, 0.2) is 23.3 Å². The molecule has 0 radical (unpaired) electrons. The molecule has 2 aromatic carbocycles. The van der Waals surface area contributed by atoms with Crippen LogP contribution in [0.25, 0.3) is 21.8 Å². The summed E-state index contributed by atoms with van der Waals surface area (Å²) in [6, 6.07) is 8.05. The van der Waals surface area contributed by atoms with Crippen LogP contribution in [-0.2, 0) is 0 Å². The minimum absolute atomic E-state index is 0.0291. The first-order valence-electron chi connectivity index (χ1n) is 10.00. The summed E-state index contributed by atoms with van der Waals surface area (Å²) < 4.78 is 54.9. The minimum atomic E-state index is -0.991. The van der Waals surface area contributed by atoms with Gasteiger partial charge in [-0.1, -0.05) is 0 Å². The Morgan fingerprint density at radius 2 is 1.47 bits per heavy atom. The van der Waals surface area contributed by atoms with Gasteiger partial charge in [-0.25, -0.2) is 17.6 Å². The molecule has 166 valence electrons. The third kappa shape index (κ3) is 4.21. The number of benzene rings is 2. The highest BCUT2D eigenvalue weighted by Gasteiger charge is 2.17. The summed E-state index contributed by atoms with van der Waals surface area (Å²) in [5, 5.41) is 4.17. The van der Waals surface area contributed by atoms with Crippen molar-refractivity contribution in [2.24, 2.45) is 5.73 Å². The van der Waals surface area contributed by atoms with Gasteiger partial charge in [0.05, 0.1) is 0 Å². The maximum Gasteiger partial charge on any atom is 0.185 e. The zero-order valence-corrected chi connectivity index (χ0v) is 17.2. The van der Waals surface area contributed by atoms with E-state index in [0.717, 1.165) is 12.1 Å². The van der Waals surface area contributed by atoms with Crippen molar-refractivity contribution in [3.63, 3.8) is 0 Å². The molecule has 0 bridgehead atoms. The van der Waals surface area contributed by atoms with Crippen LogP contribution in [0, 0.1) is 23.3 Å². The lowest BCUT2D eigenvalue weighted by molar-refractivity contribution is 0.324. The Balaban J connectivity index is 1.42. The summed E-state index contributed by atoms with van der Waals surface area (Å²) in [7, 11) is 1.88. The summed E-state index contributed by atoms with van der Waals surface area (Å²) in [5.74, 6) is -3.86. The number of nitrogens with two attached hydrogens (primary N) is 1. The van der Waals surface area contributed by atoms with Gasteiger partial charge < -0.3 is 16.0 Å². The molecule has 0 fully saturated rings. The van der Waals surface area contributed by atoms with Crippen molar-refractivity contribution in [3.05, 3.63) is 77.6 Å². The molecule has 0 spiro atoms. The summed E-state index contributed by atoms with van der Waals surface area (Å²) in [4.78, 5) is 9.83. The molecule has 32 heavy (non-hydrogen) atoms. The largest absolute Gasteiger partial charge is 0.383 e. The lowest BCUT2D eigenvalue weighted by Gasteiger charge is -2.23. The summed E-state index contributed by atoms with van der Waals surface area (Å²) in [6.45, 7) is 1.56. The minimum Gasteiger partial charge on any atom is -0.383 e. The van der Waals surface area contributed by atoms with Crippen molar-refractivity contribution in [2.75, 3.05) is 32.0 Å². The first-order valence-corrected chi connectivity index (χ1v) is 10.00. The molecule has 0 amide bonds. The highest BCUT2D eigenvalue weighted by atomic mass is 19.2. The molecule has 2 aromatic heterocycles. The molecule has 9 heteroatoms. The van der Waals surface area contributed by atoms with Crippen LogP contribution in [0.1, 0.15) is 11.6 Å². The maximum atomic E-state index is 14.0. The molecule has 3 N–H and O–H groups in total. The predicted octanol–water partition coefficient (Wildman–Crippen LogP) is 4.38. The standard InChI is InChI=1S/C23H21F4N5/c1-32(11-10-29-19-7-9-31-23-15(19)3-5-17(25)21(23)27)12-18(28)13-6-8-30-22-14(13)2-4-16(24)20(22)26/h2-9,18H,10-12,28H2,1H3,(H,29,31). The normalized spacial score (nSPS) is 12.6. The lowest BCUT2D eigenvalue weighted by atomic mass is 10.0. The smallest absolute Gasteiger partial charge is 0.185 e. The number of hydrogen-bond donors (Lipinski definition) is 2. The van der Waals surface area contributed by atoms with Gasteiger partial charge in [0.25, 0.3) is 0 Å². The van der Waals surface area contributed by atoms with E-state index >= 15 is 0 Å². The number of rotatable bonds is 7. The predicted molar refractivity (Wildman–Crippen MR) is 116 cm³/mol. The van der Waals surface area contributed by atoms with E-state index < -0.39 is 29.3 Å². The van der Waals surface area contributed by atoms with E-state index in [1.807, 2.05) is 11.9 Å². The molecule has 0 saturated carbocycles. The molecule has 4 rings (SSSR count). The third-order valence-electron chi connectivity index (χ3n) is 5.36. The van der Waals surface area contributed by atoms with Crippen molar-refractivity contribution in [3.8, 4) is 0 Å². The molecule has 1 unspecified atom stereocenters. The van der Waals surface area contributed by atoms with Crippen molar-refractivity contribution in [1.29, 1.82) is 0 Å². The van der Waals surface area contributed by atoms with Gasteiger partial charge in [0, 0.05) is 54.5 Å². The molecule has 4 aromatic rings. The second-order valence-corrected chi connectivity index (χ2v) is 7.57. The molecular weight excluding hydrogens is 422 g/mol. The summed E-state index contributed by atoms with van der Waals surface area (Å²) in [6.07, 6.45) is 2.83. The maximum absolute atomic E-state index is 14.0. The second kappa shape index (κ2) is 9.05. The number of fused-ring (bicyclic) bond motifs is 2. The van der Waals surface area contributed by atoms with Gasteiger partial charge in [-0.15, -0.1) is 0 Å². The second-order valence-electron chi connectivity index (χ2n) is 7.57. The Morgan fingerprint density at radius 3 is 2.16 bits per heavy atom. The van der Waals surface area contributed by atoms with Crippen LogP contribution in [-0.4, -0.2) is 41.5 Å². The van der Waals surface area contributed by atoms with Gasteiger partial charge in [0.1, 0.15) is 11.0 Å². The van der Waals surface area contributed by atoms with Crippen molar-refractivity contribution in [1.82, 2.24) is 14.9 Å². The number of aromatic nitrogens is 2. The van der Waals surface area contributed by atoms with Crippen LogP contribution in [0.5, 0.6) is 0 Å². The zero-order valence-electron chi connectivity index (χ0n) is 17.2. The monoisotopic (exact) mass is 443 g/mol. The molecule has 5 nitrogen and oxygen atoms in total. The topological polar surface area (TPSA) is 67.1 Å². The van der Waals surface area contributed by atoms with E-state index in [0.29, 0.717) is 41.7 Å². The lowest BCUT2D eigenvalue weighted by Crippen LogP contribution is -2.32. The number of pyridine rings is 2. The number of halogens is 4. The van der Waals surface area contributed by atoms with Crippen LogP contribution in [0.2, 0.25) is 0 Å². The Hall–Kier alpha value is -3.30. The first kappa shape index (κ1) is 21.9. The van der Waals surface area contributed by atoms with Crippen molar-refractivity contribution < 1.29 is 17.6 Å². The third-order valence-corrected chi connectivity index (χ3v) is 5.36. The highest BCUT2D eigenvalue weighted by molar-refractivity contribution is 5.91. The summed E-state index contributed by atoms with van der Waals surface area (Å²) in [5.41, 5.74) is 7.59. The average molecular weight is 443 g/mol. The molecule has 2 heterocycles. The fourth-order valence-corrected chi connectivity index (χ4v) is 3.72. The fourth-order valence-electron chi connectivity index (χ4n) is 3.72. The van der Waals surface area contributed by atoms with Crippen LogP contribution < -0.4 is 11.1 Å². The van der Waals surface area contributed by atoms with E-state index in [1.54, 1.807) is 12.1 Å².